The number of sulfonamides is 1. The highest BCUT2D eigenvalue weighted by Crippen LogP contribution is 2.25. The smallest absolute Gasteiger partial charge is 0.413 e. The number of anilines is 1. The number of nitrogens with zero attached hydrogens (tertiary/aromatic N) is 1. The van der Waals surface area contributed by atoms with Crippen LogP contribution in [0.3, 0.4) is 0 Å². The maximum atomic E-state index is 12.8. The van der Waals surface area contributed by atoms with E-state index in [1.165, 1.54) is 30.1 Å². The van der Waals surface area contributed by atoms with Crippen LogP contribution in [-0.2, 0) is 19.5 Å². The predicted octanol–water partition coefficient (Wildman–Crippen LogP) is 2.02. The van der Waals surface area contributed by atoms with Crippen molar-refractivity contribution in [3.63, 3.8) is 0 Å². The van der Waals surface area contributed by atoms with Crippen LogP contribution in [0.2, 0.25) is 0 Å². The maximum absolute atomic E-state index is 12.8. The lowest BCUT2D eigenvalue weighted by Gasteiger charge is -2.24. The SMILES string of the molecule is CCOC(=O)NC(=S)N(C)c1ccc(C(=O)OC)c(S(=O)(=O)NC(C)(C)C)c1. The van der Waals surface area contributed by atoms with E-state index in [1.54, 1.807) is 27.7 Å². The van der Waals surface area contributed by atoms with E-state index in [4.69, 9.17) is 17.0 Å². The molecule has 1 rings (SSSR count). The summed E-state index contributed by atoms with van der Waals surface area (Å²) in [7, 11) is -1.35. The third kappa shape index (κ3) is 6.43. The van der Waals surface area contributed by atoms with Crippen LogP contribution < -0.4 is 14.9 Å². The fourth-order valence-electron chi connectivity index (χ4n) is 2.13. The molecule has 0 radical (unpaired) electrons. The monoisotopic (exact) mass is 431 g/mol. The largest absolute Gasteiger partial charge is 0.465 e. The van der Waals surface area contributed by atoms with Gasteiger partial charge in [0.1, 0.15) is 0 Å². The summed E-state index contributed by atoms with van der Waals surface area (Å²) in [6, 6.07) is 4.09. The Hall–Kier alpha value is -2.24. The summed E-state index contributed by atoms with van der Waals surface area (Å²) in [6.45, 7) is 6.86. The van der Waals surface area contributed by atoms with Gasteiger partial charge in [-0.25, -0.2) is 22.7 Å². The van der Waals surface area contributed by atoms with Crippen LogP contribution in [0.5, 0.6) is 0 Å². The summed E-state index contributed by atoms with van der Waals surface area (Å²) in [4.78, 5) is 24.7. The average molecular weight is 432 g/mol. The molecule has 156 valence electrons. The highest BCUT2D eigenvalue weighted by molar-refractivity contribution is 7.89. The molecule has 0 aromatic heterocycles. The fourth-order valence-corrected chi connectivity index (χ4v) is 3.96. The highest BCUT2D eigenvalue weighted by Gasteiger charge is 2.28. The average Bonchev–Trinajstić information content (AvgIpc) is 2.57. The minimum Gasteiger partial charge on any atom is -0.465 e. The number of carbonyl (C=O) groups excluding carboxylic acids is 2. The molecular weight excluding hydrogens is 406 g/mol. The second kappa shape index (κ2) is 9.30. The van der Waals surface area contributed by atoms with E-state index in [0.29, 0.717) is 5.69 Å². The first-order valence-corrected chi connectivity index (χ1v) is 10.2. The molecule has 0 spiro atoms. The van der Waals surface area contributed by atoms with Gasteiger partial charge in [0.15, 0.2) is 5.11 Å². The number of amides is 1. The van der Waals surface area contributed by atoms with Crippen LogP contribution in [0.25, 0.3) is 0 Å². The van der Waals surface area contributed by atoms with Gasteiger partial charge in [0.2, 0.25) is 10.0 Å². The van der Waals surface area contributed by atoms with Crippen molar-refractivity contribution in [2.45, 2.75) is 38.1 Å². The first-order chi connectivity index (χ1) is 12.8. The Morgan fingerprint density at radius 1 is 1.25 bits per heavy atom. The lowest BCUT2D eigenvalue weighted by atomic mass is 10.1. The van der Waals surface area contributed by atoms with Crippen LogP contribution in [-0.4, -0.2) is 51.9 Å². The zero-order valence-electron chi connectivity index (χ0n) is 16.7. The molecule has 0 fully saturated rings. The van der Waals surface area contributed by atoms with Crippen LogP contribution in [0.4, 0.5) is 10.5 Å². The second-order valence-corrected chi connectivity index (χ2v) is 8.77. The summed E-state index contributed by atoms with van der Waals surface area (Å²) >= 11 is 5.14. The molecule has 0 heterocycles. The van der Waals surface area contributed by atoms with E-state index in [1.807, 2.05) is 0 Å². The Bertz CT molecular complexity index is 862. The molecule has 1 amide bonds. The van der Waals surface area contributed by atoms with Gasteiger partial charge in [-0.3, -0.25) is 5.32 Å². The summed E-state index contributed by atoms with van der Waals surface area (Å²) in [5, 5.41) is 2.36. The minimum atomic E-state index is -4.05. The lowest BCUT2D eigenvalue weighted by molar-refractivity contribution is 0.0596. The molecule has 28 heavy (non-hydrogen) atoms. The van der Waals surface area contributed by atoms with Gasteiger partial charge in [0, 0.05) is 18.3 Å². The number of thiocarbonyl (C=S) groups is 1. The molecule has 0 bridgehead atoms. The van der Waals surface area contributed by atoms with Gasteiger partial charge >= 0.3 is 12.1 Å². The number of hydrogen-bond donors (Lipinski definition) is 2. The Labute approximate surface area is 170 Å². The molecule has 0 unspecified atom stereocenters. The number of ether oxygens (including phenoxy) is 2. The van der Waals surface area contributed by atoms with Gasteiger partial charge < -0.3 is 14.4 Å². The van der Waals surface area contributed by atoms with Crippen molar-refractivity contribution in [1.82, 2.24) is 10.0 Å². The number of alkyl carbamates (subject to hydrolysis) is 1. The van der Waals surface area contributed by atoms with Gasteiger partial charge in [0.25, 0.3) is 0 Å². The number of rotatable bonds is 5. The van der Waals surface area contributed by atoms with Crippen LogP contribution in [0.15, 0.2) is 23.1 Å². The molecule has 2 N–H and O–H groups in total. The minimum absolute atomic E-state index is 0.00334. The number of hydrogen-bond acceptors (Lipinski definition) is 7. The quantitative estimate of drug-likeness (QED) is 0.538. The molecule has 9 nitrogen and oxygen atoms in total. The van der Waals surface area contributed by atoms with Crippen molar-refractivity contribution < 1.29 is 27.5 Å². The second-order valence-electron chi connectivity index (χ2n) is 6.74. The zero-order chi connectivity index (χ0) is 21.7. The van der Waals surface area contributed by atoms with E-state index in [9.17, 15) is 18.0 Å². The van der Waals surface area contributed by atoms with Crippen molar-refractivity contribution >= 4 is 45.1 Å². The molecule has 11 heteroatoms. The predicted molar refractivity (Wildman–Crippen MR) is 109 cm³/mol. The number of carbonyl (C=O) groups is 2. The molecule has 0 aliphatic heterocycles. The first kappa shape index (κ1) is 23.8. The summed E-state index contributed by atoms with van der Waals surface area (Å²) in [5.41, 5.74) is -0.557. The highest BCUT2D eigenvalue weighted by atomic mass is 32.2. The molecule has 0 atom stereocenters. The van der Waals surface area contributed by atoms with Gasteiger partial charge in [-0.05, 0) is 58.1 Å². The third-order valence-corrected chi connectivity index (χ3v) is 5.45. The van der Waals surface area contributed by atoms with Gasteiger partial charge in [-0.15, -0.1) is 0 Å². The zero-order valence-corrected chi connectivity index (χ0v) is 18.3. The summed E-state index contributed by atoms with van der Waals surface area (Å²) in [6.07, 6.45) is -0.729. The van der Waals surface area contributed by atoms with Crippen LogP contribution in [0.1, 0.15) is 38.1 Å². The van der Waals surface area contributed by atoms with Crippen molar-refractivity contribution in [2.24, 2.45) is 0 Å². The summed E-state index contributed by atoms with van der Waals surface area (Å²) in [5.74, 6) is -0.796. The van der Waals surface area contributed by atoms with E-state index < -0.39 is 27.6 Å². The third-order valence-electron chi connectivity index (χ3n) is 3.28. The Morgan fingerprint density at radius 2 is 1.86 bits per heavy atom. The molecule has 1 aromatic rings. The maximum Gasteiger partial charge on any atom is 0.413 e. The van der Waals surface area contributed by atoms with E-state index in [-0.39, 0.29) is 22.2 Å². The molecule has 0 aliphatic rings. The Morgan fingerprint density at radius 3 is 2.36 bits per heavy atom. The van der Waals surface area contributed by atoms with E-state index in [0.717, 1.165) is 7.11 Å². The van der Waals surface area contributed by atoms with Crippen LogP contribution in [0, 0.1) is 0 Å². The van der Waals surface area contributed by atoms with E-state index >= 15 is 0 Å². The fraction of sp³-hybridized carbons (Fsp3) is 0.471. The number of benzene rings is 1. The van der Waals surface area contributed by atoms with Crippen molar-refractivity contribution in [1.29, 1.82) is 0 Å². The lowest BCUT2D eigenvalue weighted by Crippen LogP contribution is -2.42. The van der Waals surface area contributed by atoms with Crippen molar-refractivity contribution in [2.75, 3.05) is 25.7 Å². The summed E-state index contributed by atoms with van der Waals surface area (Å²) < 4.78 is 37.6. The van der Waals surface area contributed by atoms with Crippen molar-refractivity contribution in [3.05, 3.63) is 23.8 Å². The topological polar surface area (TPSA) is 114 Å². The number of esters is 1. The van der Waals surface area contributed by atoms with Gasteiger partial charge in [0.05, 0.1) is 24.2 Å². The molecule has 0 saturated heterocycles. The Balaban J connectivity index is 3.36. The standard InChI is InChI=1S/C17H25N3O6S2/c1-7-26-16(22)18-15(27)20(5)11-8-9-12(14(21)25-6)13(10-11)28(23,24)19-17(2,3)4/h8-10,19H,7H2,1-6H3,(H,18,22,27). The van der Waals surface area contributed by atoms with Gasteiger partial charge in [-0.1, -0.05) is 0 Å². The molecule has 0 aliphatic carbocycles. The first-order valence-electron chi connectivity index (χ1n) is 8.30. The van der Waals surface area contributed by atoms with Gasteiger partial charge in [-0.2, -0.15) is 0 Å². The molecule has 1 aromatic carbocycles. The van der Waals surface area contributed by atoms with E-state index in [2.05, 4.69) is 14.8 Å². The molecular formula is C17H25N3O6S2. The number of nitrogens with one attached hydrogen (secondary N) is 2. The number of methoxy groups -OCH3 is 1. The van der Waals surface area contributed by atoms with Crippen molar-refractivity contribution in [3.8, 4) is 0 Å². The Kier molecular flexibility index (Phi) is 7.91. The molecule has 0 saturated carbocycles. The normalized spacial score (nSPS) is 11.5. The van der Waals surface area contributed by atoms with Crippen LogP contribution >= 0.6 is 12.2 Å².